The molecule has 0 atom stereocenters. The molecule has 1 saturated heterocycles. The van der Waals surface area contributed by atoms with Crippen molar-refractivity contribution in [1.29, 1.82) is 0 Å². The molecule has 2 aliphatic rings. The van der Waals surface area contributed by atoms with E-state index in [0.717, 1.165) is 43.7 Å². The van der Waals surface area contributed by atoms with Gasteiger partial charge in [0.1, 0.15) is 4.90 Å². The Bertz CT molecular complexity index is 666. The Labute approximate surface area is 150 Å². The summed E-state index contributed by atoms with van der Waals surface area (Å²) in [6, 6.07) is 5.82. The van der Waals surface area contributed by atoms with E-state index < -0.39 is 10.0 Å². The number of benzene rings is 1. The third-order valence-corrected chi connectivity index (χ3v) is 7.38. The lowest BCUT2D eigenvalue weighted by Crippen LogP contribution is -2.45. The molecule has 1 heterocycles. The van der Waals surface area contributed by atoms with E-state index in [0.29, 0.717) is 24.2 Å². The summed E-state index contributed by atoms with van der Waals surface area (Å²) in [5.74, 6) is 0.854. The lowest BCUT2D eigenvalue weighted by molar-refractivity contribution is 0.288. The van der Waals surface area contributed by atoms with Crippen LogP contribution in [0.4, 0.5) is 0 Å². The first-order valence-corrected chi connectivity index (χ1v) is 10.8. The van der Waals surface area contributed by atoms with Crippen molar-refractivity contribution >= 4 is 21.6 Å². The van der Waals surface area contributed by atoms with Crippen LogP contribution in [0.3, 0.4) is 0 Å². The molecule has 4 nitrogen and oxygen atoms in total. The van der Waals surface area contributed by atoms with Crippen LogP contribution >= 0.6 is 11.6 Å². The Morgan fingerprint density at radius 1 is 1.21 bits per heavy atom. The number of piperidine rings is 1. The summed E-state index contributed by atoms with van der Waals surface area (Å²) >= 11 is 6.20. The number of nitrogens with one attached hydrogen (secondary N) is 1. The summed E-state index contributed by atoms with van der Waals surface area (Å²) in [6.07, 6.45) is 6.28. The van der Waals surface area contributed by atoms with E-state index in [-0.39, 0.29) is 4.90 Å². The fourth-order valence-electron chi connectivity index (χ4n) is 3.28. The van der Waals surface area contributed by atoms with Gasteiger partial charge in [0, 0.05) is 19.1 Å². The van der Waals surface area contributed by atoms with Crippen LogP contribution in [-0.4, -0.2) is 38.4 Å². The van der Waals surface area contributed by atoms with Gasteiger partial charge in [-0.15, -0.1) is 0 Å². The van der Waals surface area contributed by atoms with E-state index in [1.165, 1.54) is 12.8 Å². The number of aryl methyl sites for hydroxylation is 1. The molecule has 1 aliphatic heterocycles. The lowest BCUT2D eigenvalue weighted by Gasteiger charge is -2.32. The summed E-state index contributed by atoms with van der Waals surface area (Å²) in [5.41, 5.74) is 1.03. The molecule has 2 fully saturated rings. The molecular weight excluding hydrogens is 344 g/mol. The Hall–Kier alpha value is -0.620. The zero-order valence-corrected chi connectivity index (χ0v) is 15.9. The van der Waals surface area contributed by atoms with Crippen molar-refractivity contribution in [1.82, 2.24) is 9.62 Å². The van der Waals surface area contributed by atoms with E-state index >= 15 is 0 Å². The summed E-state index contributed by atoms with van der Waals surface area (Å²) in [5, 5.41) is 3.91. The Morgan fingerprint density at radius 2 is 1.92 bits per heavy atom. The molecule has 0 spiro atoms. The molecule has 0 amide bonds. The summed E-state index contributed by atoms with van der Waals surface area (Å²) in [6.45, 7) is 4.31. The van der Waals surface area contributed by atoms with E-state index in [4.69, 9.17) is 11.6 Å². The SMILES string of the molecule is CCCc1ccc(Cl)c(S(=O)(=O)N2CCC(NCC3CC3)CC2)c1. The van der Waals surface area contributed by atoms with Crippen LogP contribution in [0.25, 0.3) is 0 Å². The summed E-state index contributed by atoms with van der Waals surface area (Å²) < 4.78 is 27.5. The molecule has 0 radical (unpaired) electrons. The van der Waals surface area contributed by atoms with Crippen LogP contribution in [-0.2, 0) is 16.4 Å². The molecule has 24 heavy (non-hydrogen) atoms. The van der Waals surface area contributed by atoms with Gasteiger partial charge in [-0.25, -0.2) is 8.42 Å². The van der Waals surface area contributed by atoms with Crippen LogP contribution in [0.5, 0.6) is 0 Å². The largest absolute Gasteiger partial charge is 0.314 e. The first kappa shape index (κ1) is 18.2. The van der Waals surface area contributed by atoms with Gasteiger partial charge >= 0.3 is 0 Å². The van der Waals surface area contributed by atoms with E-state index in [9.17, 15) is 8.42 Å². The molecule has 1 saturated carbocycles. The highest BCUT2D eigenvalue weighted by molar-refractivity contribution is 7.89. The number of nitrogens with zero attached hydrogens (tertiary/aromatic N) is 1. The monoisotopic (exact) mass is 370 g/mol. The first-order valence-electron chi connectivity index (χ1n) is 9.02. The minimum absolute atomic E-state index is 0.263. The fourth-order valence-corrected chi connectivity index (χ4v) is 5.28. The van der Waals surface area contributed by atoms with Crippen molar-refractivity contribution in [2.24, 2.45) is 5.92 Å². The normalized spacial score (nSPS) is 20.4. The second-order valence-electron chi connectivity index (χ2n) is 7.04. The van der Waals surface area contributed by atoms with Crippen LogP contribution in [0.2, 0.25) is 5.02 Å². The highest BCUT2D eigenvalue weighted by atomic mass is 35.5. The van der Waals surface area contributed by atoms with Gasteiger partial charge in [0.05, 0.1) is 5.02 Å². The molecule has 3 rings (SSSR count). The van der Waals surface area contributed by atoms with Gasteiger partial charge in [0.25, 0.3) is 0 Å². The van der Waals surface area contributed by atoms with Gasteiger partial charge in [-0.2, -0.15) is 4.31 Å². The minimum Gasteiger partial charge on any atom is -0.314 e. The minimum atomic E-state index is -3.50. The maximum atomic E-state index is 13.0. The molecule has 0 bridgehead atoms. The van der Waals surface area contributed by atoms with Crippen molar-refractivity contribution < 1.29 is 8.42 Å². The van der Waals surface area contributed by atoms with Crippen molar-refractivity contribution in [3.05, 3.63) is 28.8 Å². The average molecular weight is 371 g/mol. The molecule has 6 heteroatoms. The molecule has 0 unspecified atom stereocenters. The van der Waals surface area contributed by atoms with Gasteiger partial charge in [-0.3, -0.25) is 0 Å². The Morgan fingerprint density at radius 3 is 2.54 bits per heavy atom. The van der Waals surface area contributed by atoms with Crippen LogP contribution < -0.4 is 5.32 Å². The van der Waals surface area contributed by atoms with Crippen LogP contribution in [0.15, 0.2) is 23.1 Å². The second kappa shape index (κ2) is 7.73. The first-order chi connectivity index (χ1) is 11.5. The molecule has 0 aromatic heterocycles. The van der Waals surface area contributed by atoms with Gasteiger partial charge in [0.15, 0.2) is 0 Å². The van der Waals surface area contributed by atoms with Crippen LogP contribution in [0, 0.1) is 5.92 Å². The predicted octanol–water partition coefficient (Wildman–Crippen LogP) is 3.45. The molecule has 1 N–H and O–H groups in total. The third kappa shape index (κ3) is 4.31. The molecule has 1 aliphatic carbocycles. The fraction of sp³-hybridized carbons (Fsp3) is 0.667. The Balaban J connectivity index is 1.66. The number of sulfonamides is 1. The van der Waals surface area contributed by atoms with Crippen molar-refractivity contribution in [3.8, 4) is 0 Å². The van der Waals surface area contributed by atoms with Crippen molar-refractivity contribution in [2.45, 2.75) is 56.4 Å². The third-order valence-electron chi connectivity index (χ3n) is 5.00. The maximum Gasteiger partial charge on any atom is 0.244 e. The standard InChI is InChI=1S/C18H27ClN2O2S/c1-2-3-14-6-7-17(19)18(12-14)24(22,23)21-10-8-16(9-11-21)20-13-15-4-5-15/h6-7,12,15-16,20H,2-5,8-11,13H2,1H3. The molecule has 1 aromatic carbocycles. The van der Waals surface area contributed by atoms with Crippen LogP contribution in [0.1, 0.15) is 44.6 Å². The Kier molecular flexibility index (Phi) is 5.85. The molecular formula is C18H27ClN2O2S. The van der Waals surface area contributed by atoms with E-state index in [2.05, 4.69) is 12.2 Å². The average Bonchev–Trinajstić information content (AvgIpc) is 3.39. The van der Waals surface area contributed by atoms with Crippen molar-refractivity contribution in [2.75, 3.05) is 19.6 Å². The van der Waals surface area contributed by atoms with Gasteiger partial charge in [-0.05, 0) is 62.3 Å². The number of hydrogen-bond acceptors (Lipinski definition) is 3. The quantitative estimate of drug-likeness (QED) is 0.799. The number of hydrogen-bond donors (Lipinski definition) is 1. The number of rotatable bonds is 7. The highest BCUT2D eigenvalue weighted by Gasteiger charge is 2.31. The maximum absolute atomic E-state index is 13.0. The smallest absolute Gasteiger partial charge is 0.244 e. The van der Waals surface area contributed by atoms with Crippen molar-refractivity contribution in [3.63, 3.8) is 0 Å². The number of halogens is 1. The highest BCUT2D eigenvalue weighted by Crippen LogP contribution is 2.30. The lowest BCUT2D eigenvalue weighted by atomic mass is 10.1. The zero-order chi connectivity index (χ0) is 17.2. The zero-order valence-electron chi connectivity index (χ0n) is 14.3. The van der Waals surface area contributed by atoms with Gasteiger partial charge in [0.2, 0.25) is 10.0 Å². The van der Waals surface area contributed by atoms with Gasteiger partial charge in [-0.1, -0.05) is 31.0 Å². The molecule has 1 aromatic rings. The topological polar surface area (TPSA) is 49.4 Å². The summed E-state index contributed by atoms with van der Waals surface area (Å²) in [4.78, 5) is 0.263. The van der Waals surface area contributed by atoms with Gasteiger partial charge < -0.3 is 5.32 Å². The summed E-state index contributed by atoms with van der Waals surface area (Å²) in [7, 11) is -3.50. The van der Waals surface area contributed by atoms with E-state index in [1.54, 1.807) is 16.4 Å². The predicted molar refractivity (Wildman–Crippen MR) is 98.0 cm³/mol. The molecule has 134 valence electrons. The van der Waals surface area contributed by atoms with E-state index in [1.807, 2.05) is 6.07 Å². The second-order valence-corrected chi connectivity index (χ2v) is 9.36.